The van der Waals surface area contributed by atoms with Crippen LogP contribution < -0.4 is 5.32 Å². The Morgan fingerprint density at radius 2 is 1.86 bits per heavy atom. The van der Waals surface area contributed by atoms with E-state index < -0.39 is 0 Å². The number of piperidine rings is 1. The first-order chi connectivity index (χ1) is 17.6. The van der Waals surface area contributed by atoms with Gasteiger partial charge in [-0.15, -0.1) is 0 Å². The lowest BCUT2D eigenvalue weighted by molar-refractivity contribution is -0.117. The molecule has 4 aromatic rings. The highest BCUT2D eigenvalue weighted by Crippen LogP contribution is 2.35. The second-order valence-electron chi connectivity index (χ2n) is 10.2. The first kappa shape index (κ1) is 22.9. The van der Waals surface area contributed by atoms with Crippen molar-refractivity contribution in [2.75, 3.05) is 25.0 Å². The topological polar surface area (TPSA) is 71.3 Å². The summed E-state index contributed by atoms with van der Waals surface area (Å²) in [4.78, 5) is 25.0. The van der Waals surface area contributed by atoms with E-state index in [0.29, 0.717) is 24.1 Å². The van der Waals surface area contributed by atoms with Gasteiger partial charge in [0.1, 0.15) is 11.4 Å². The third-order valence-electron chi connectivity index (χ3n) is 7.63. The van der Waals surface area contributed by atoms with E-state index in [1.165, 1.54) is 16.5 Å². The standard InChI is InChI=1S/C30H32N4O2/c1-20-11-12-27-24(17-20)25(19-36-27)21-13-15-34(16-14-21)18-28(35)32-30-23-9-5-6-10-26(23)31-29(33-30)22-7-3-2-4-8-22/h2-4,7-8,11-12,17,19,21H,5-6,9-10,13-16,18H2,1H3,(H,31,32,33,35). The highest BCUT2D eigenvalue weighted by molar-refractivity contribution is 5.92. The molecule has 1 N–H and O–H groups in total. The van der Waals surface area contributed by atoms with Gasteiger partial charge in [-0.25, -0.2) is 9.97 Å². The van der Waals surface area contributed by atoms with Crippen LogP contribution in [0.2, 0.25) is 0 Å². The van der Waals surface area contributed by atoms with Crippen LogP contribution in [-0.2, 0) is 17.6 Å². The van der Waals surface area contributed by atoms with Gasteiger partial charge in [0.15, 0.2) is 5.82 Å². The van der Waals surface area contributed by atoms with E-state index in [0.717, 1.165) is 74.0 Å². The number of amides is 1. The molecule has 6 rings (SSSR count). The number of hydrogen-bond donors (Lipinski definition) is 1. The van der Waals surface area contributed by atoms with Crippen molar-refractivity contribution in [3.05, 3.63) is 77.2 Å². The van der Waals surface area contributed by atoms with Crippen molar-refractivity contribution in [3.63, 3.8) is 0 Å². The average molecular weight is 481 g/mol. The number of hydrogen-bond acceptors (Lipinski definition) is 5. The number of aryl methyl sites for hydroxylation is 2. The molecular weight excluding hydrogens is 448 g/mol. The largest absolute Gasteiger partial charge is 0.464 e. The lowest BCUT2D eigenvalue weighted by Crippen LogP contribution is -2.39. The molecule has 3 heterocycles. The van der Waals surface area contributed by atoms with Gasteiger partial charge in [-0.1, -0.05) is 42.0 Å². The molecular formula is C30H32N4O2. The fourth-order valence-corrected chi connectivity index (χ4v) is 5.67. The first-order valence-electron chi connectivity index (χ1n) is 13.1. The Bertz CT molecular complexity index is 1390. The number of likely N-dealkylation sites (tertiary alicyclic amines) is 1. The Balaban J connectivity index is 1.13. The average Bonchev–Trinajstić information content (AvgIpc) is 3.32. The van der Waals surface area contributed by atoms with Crippen LogP contribution in [0.5, 0.6) is 0 Å². The van der Waals surface area contributed by atoms with Crippen LogP contribution in [0, 0.1) is 6.92 Å². The third kappa shape index (κ3) is 4.65. The van der Waals surface area contributed by atoms with Crippen LogP contribution in [0.4, 0.5) is 5.82 Å². The number of nitrogens with zero attached hydrogens (tertiary/aromatic N) is 3. The number of aromatic nitrogens is 2. The molecule has 2 aromatic carbocycles. The van der Waals surface area contributed by atoms with Crippen LogP contribution in [-0.4, -0.2) is 40.4 Å². The first-order valence-corrected chi connectivity index (χ1v) is 13.1. The summed E-state index contributed by atoms with van der Waals surface area (Å²) in [5.41, 5.74) is 6.68. The predicted molar refractivity (Wildman–Crippen MR) is 142 cm³/mol. The molecule has 184 valence electrons. The van der Waals surface area contributed by atoms with Gasteiger partial charge in [0, 0.05) is 27.8 Å². The predicted octanol–water partition coefficient (Wildman–Crippen LogP) is 5.90. The van der Waals surface area contributed by atoms with Crippen molar-refractivity contribution in [1.29, 1.82) is 0 Å². The van der Waals surface area contributed by atoms with Gasteiger partial charge >= 0.3 is 0 Å². The molecule has 0 unspecified atom stereocenters. The van der Waals surface area contributed by atoms with Gasteiger partial charge in [-0.3, -0.25) is 9.69 Å². The zero-order valence-electron chi connectivity index (χ0n) is 20.8. The smallest absolute Gasteiger partial charge is 0.239 e. The lowest BCUT2D eigenvalue weighted by atomic mass is 9.89. The van der Waals surface area contributed by atoms with Gasteiger partial charge in [-0.2, -0.15) is 0 Å². The quantitative estimate of drug-likeness (QED) is 0.385. The molecule has 2 aliphatic rings. The molecule has 1 aliphatic heterocycles. The normalized spacial score (nSPS) is 16.7. The molecule has 0 spiro atoms. The number of rotatable bonds is 5. The van der Waals surface area contributed by atoms with Crippen molar-refractivity contribution in [1.82, 2.24) is 14.9 Å². The van der Waals surface area contributed by atoms with Gasteiger partial charge in [-0.05, 0) is 76.6 Å². The molecule has 0 bridgehead atoms. The summed E-state index contributed by atoms with van der Waals surface area (Å²) in [6.07, 6.45) is 8.08. The van der Waals surface area contributed by atoms with E-state index in [-0.39, 0.29) is 5.91 Å². The maximum absolute atomic E-state index is 13.1. The minimum Gasteiger partial charge on any atom is -0.464 e. The second-order valence-corrected chi connectivity index (χ2v) is 10.2. The number of benzene rings is 2. The molecule has 0 saturated carbocycles. The molecule has 0 atom stereocenters. The molecule has 6 heteroatoms. The van der Waals surface area contributed by atoms with Gasteiger partial charge < -0.3 is 9.73 Å². The molecule has 1 amide bonds. The van der Waals surface area contributed by atoms with Crippen molar-refractivity contribution >= 4 is 22.7 Å². The minimum absolute atomic E-state index is 0.00307. The van der Waals surface area contributed by atoms with Gasteiger partial charge in [0.05, 0.1) is 12.8 Å². The van der Waals surface area contributed by atoms with Crippen molar-refractivity contribution < 1.29 is 9.21 Å². The summed E-state index contributed by atoms with van der Waals surface area (Å²) in [5.74, 6) is 1.85. The summed E-state index contributed by atoms with van der Waals surface area (Å²) in [6.45, 7) is 4.30. The molecule has 0 radical (unpaired) electrons. The maximum atomic E-state index is 13.1. The Morgan fingerprint density at radius 3 is 2.69 bits per heavy atom. The summed E-state index contributed by atoms with van der Waals surface area (Å²) in [6, 6.07) is 16.4. The molecule has 36 heavy (non-hydrogen) atoms. The summed E-state index contributed by atoms with van der Waals surface area (Å²) < 4.78 is 5.81. The monoisotopic (exact) mass is 480 g/mol. The SMILES string of the molecule is Cc1ccc2occ(C3CCN(CC(=O)Nc4nc(-c5ccccc5)nc5c4CCCC5)CC3)c2c1. The molecule has 6 nitrogen and oxygen atoms in total. The summed E-state index contributed by atoms with van der Waals surface area (Å²) in [7, 11) is 0. The third-order valence-corrected chi connectivity index (χ3v) is 7.63. The number of furan rings is 1. The van der Waals surface area contributed by atoms with E-state index in [1.54, 1.807) is 0 Å². The summed E-state index contributed by atoms with van der Waals surface area (Å²) in [5, 5.41) is 4.38. The zero-order valence-corrected chi connectivity index (χ0v) is 20.8. The number of nitrogens with one attached hydrogen (secondary N) is 1. The van der Waals surface area contributed by atoms with Crippen LogP contribution in [0.1, 0.15) is 54.0 Å². The fraction of sp³-hybridized carbons (Fsp3) is 0.367. The number of anilines is 1. The van der Waals surface area contributed by atoms with Crippen LogP contribution in [0.3, 0.4) is 0 Å². The highest BCUT2D eigenvalue weighted by atomic mass is 16.3. The number of fused-ring (bicyclic) bond motifs is 2. The minimum atomic E-state index is 0.00307. The Labute approximate surface area is 211 Å². The van der Waals surface area contributed by atoms with Crippen molar-refractivity contribution in [3.8, 4) is 11.4 Å². The molecule has 1 aliphatic carbocycles. The second kappa shape index (κ2) is 9.86. The van der Waals surface area contributed by atoms with Crippen molar-refractivity contribution in [2.24, 2.45) is 0 Å². The van der Waals surface area contributed by atoms with E-state index >= 15 is 0 Å². The van der Waals surface area contributed by atoms with E-state index in [9.17, 15) is 4.79 Å². The zero-order chi connectivity index (χ0) is 24.5. The number of carbonyl (C=O) groups excluding carboxylic acids is 1. The highest BCUT2D eigenvalue weighted by Gasteiger charge is 2.26. The molecule has 2 aromatic heterocycles. The van der Waals surface area contributed by atoms with E-state index in [2.05, 4.69) is 35.3 Å². The Kier molecular flexibility index (Phi) is 6.28. The van der Waals surface area contributed by atoms with Gasteiger partial charge in [0.2, 0.25) is 5.91 Å². The lowest BCUT2D eigenvalue weighted by Gasteiger charge is -2.31. The molecule has 1 fully saturated rings. The molecule has 1 saturated heterocycles. The van der Waals surface area contributed by atoms with Crippen molar-refractivity contribution in [2.45, 2.75) is 51.4 Å². The number of carbonyl (C=O) groups is 1. The Morgan fingerprint density at radius 1 is 1.06 bits per heavy atom. The van der Waals surface area contributed by atoms with Crippen LogP contribution >= 0.6 is 0 Å². The summed E-state index contributed by atoms with van der Waals surface area (Å²) >= 11 is 0. The maximum Gasteiger partial charge on any atom is 0.239 e. The fourth-order valence-electron chi connectivity index (χ4n) is 5.67. The van der Waals surface area contributed by atoms with Crippen LogP contribution in [0.25, 0.3) is 22.4 Å². The van der Waals surface area contributed by atoms with E-state index in [1.807, 2.05) is 36.6 Å². The van der Waals surface area contributed by atoms with E-state index in [4.69, 9.17) is 14.4 Å². The van der Waals surface area contributed by atoms with Crippen LogP contribution in [0.15, 0.2) is 59.2 Å². The van der Waals surface area contributed by atoms with Gasteiger partial charge in [0.25, 0.3) is 0 Å². The Hall–Kier alpha value is -3.51.